The number of hydrogen-bond acceptors (Lipinski definition) is 4. The van der Waals surface area contributed by atoms with Gasteiger partial charge in [-0.1, -0.05) is 19.1 Å². The Bertz CT molecular complexity index is 626. The molecule has 0 amide bonds. The molecule has 0 aliphatic carbocycles. The van der Waals surface area contributed by atoms with E-state index in [2.05, 4.69) is 24.2 Å². The quantitative estimate of drug-likeness (QED) is 0.942. The largest absolute Gasteiger partial charge is 0.487 e. The summed E-state index contributed by atoms with van der Waals surface area (Å²) >= 11 is 1.82. The van der Waals surface area contributed by atoms with E-state index in [1.807, 2.05) is 41.7 Å². The minimum atomic E-state index is -0.0223. The smallest absolute Gasteiger partial charge is 0.133 e. The summed E-state index contributed by atoms with van der Waals surface area (Å²) in [7, 11) is 1.98. The maximum Gasteiger partial charge on any atom is 0.133 e. The zero-order valence-corrected chi connectivity index (χ0v) is 13.3. The Balaban J connectivity index is 1.69. The maximum atomic E-state index is 6.38. The fourth-order valence-electron chi connectivity index (χ4n) is 2.56. The highest BCUT2D eigenvalue weighted by atomic mass is 32.2. The molecule has 0 saturated carbocycles. The highest BCUT2D eigenvalue weighted by Gasteiger charge is 2.26. The third-order valence-corrected chi connectivity index (χ3v) is 4.99. The molecule has 2 N–H and O–H groups in total. The number of hydrogen-bond donors (Lipinski definition) is 1. The van der Waals surface area contributed by atoms with Crippen molar-refractivity contribution in [3.63, 3.8) is 0 Å². The number of thioether (sulfide) groups is 1. The van der Waals surface area contributed by atoms with Crippen molar-refractivity contribution in [2.75, 3.05) is 5.75 Å². The van der Waals surface area contributed by atoms with Crippen molar-refractivity contribution in [1.29, 1.82) is 0 Å². The predicted molar refractivity (Wildman–Crippen MR) is 85.8 cm³/mol. The minimum absolute atomic E-state index is 0.0223. The zero-order valence-electron chi connectivity index (χ0n) is 12.5. The summed E-state index contributed by atoms with van der Waals surface area (Å²) in [6, 6.07) is 10.3. The van der Waals surface area contributed by atoms with Crippen LogP contribution in [-0.4, -0.2) is 27.7 Å². The van der Waals surface area contributed by atoms with Crippen LogP contribution in [0.3, 0.4) is 0 Å². The van der Waals surface area contributed by atoms with E-state index in [0.717, 1.165) is 30.0 Å². The van der Waals surface area contributed by atoms with Gasteiger partial charge in [0.2, 0.25) is 0 Å². The van der Waals surface area contributed by atoms with E-state index in [1.54, 1.807) is 0 Å². The van der Waals surface area contributed by atoms with Crippen LogP contribution in [0, 0.1) is 0 Å². The third kappa shape index (κ3) is 3.09. The van der Waals surface area contributed by atoms with Crippen LogP contribution in [0.25, 0.3) is 0 Å². The molecule has 2 atom stereocenters. The van der Waals surface area contributed by atoms with Crippen molar-refractivity contribution in [3.8, 4) is 5.75 Å². The molecule has 5 heteroatoms. The van der Waals surface area contributed by atoms with Gasteiger partial charge in [0.05, 0.1) is 5.69 Å². The van der Waals surface area contributed by atoms with Crippen LogP contribution in [-0.2, 0) is 19.9 Å². The second-order valence-corrected chi connectivity index (χ2v) is 6.45. The van der Waals surface area contributed by atoms with Crippen LogP contribution in [0.4, 0.5) is 0 Å². The van der Waals surface area contributed by atoms with Gasteiger partial charge in [-0.2, -0.15) is 5.10 Å². The monoisotopic (exact) mass is 303 g/mol. The number of benzene rings is 1. The summed E-state index contributed by atoms with van der Waals surface area (Å²) in [6.07, 6.45) is 1.79. The average molecular weight is 303 g/mol. The van der Waals surface area contributed by atoms with Crippen molar-refractivity contribution >= 4 is 11.8 Å². The van der Waals surface area contributed by atoms with Crippen molar-refractivity contribution in [3.05, 3.63) is 41.7 Å². The lowest BCUT2D eigenvalue weighted by Gasteiger charge is -2.29. The SMILES string of the molecule is CCc1cc(CC(N)C2CSc3ccccc3O2)n(C)n1. The van der Waals surface area contributed by atoms with Crippen LogP contribution >= 0.6 is 11.8 Å². The number of aromatic nitrogens is 2. The van der Waals surface area contributed by atoms with Gasteiger partial charge in [0, 0.05) is 35.9 Å². The third-order valence-electron chi connectivity index (χ3n) is 3.84. The molecule has 1 aromatic heterocycles. The fraction of sp³-hybridized carbons (Fsp3) is 0.438. The molecule has 4 nitrogen and oxygen atoms in total. The van der Waals surface area contributed by atoms with Gasteiger partial charge in [-0.15, -0.1) is 11.8 Å². The molecule has 1 aromatic carbocycles. The Kier molecular flexibility index (Phi) is 4.22. The summed E-state index contributed by atoms with van der Waals surface area (Å²) in [6.45, 7) is 2.11. The van der Waals surface area contributed by atoms with Gasteiger partial charge >= 0.3 is 0 Å². The van der Waals surface area contributed by atoms with Gasteiger partial charge in [-0.05, 0) is 24.6 Å². The Hall–Kier alpha value is -1.46. The standard InChI is InChI=1S/C16H21N3OS/c1-3-11-8-12(19(2)18-11)9-13(17)15-10-21-16-7-5-4-6-14(16)20-15/h4-8,13,15H,3,9-10,17H2,1-2H3. The van der Waals surface area contributed by atoms with Gasteiger partial charge in [0.1, 0.15) is 11.9 Å². The van der Waals surface area contributed by atoms with Gasteiger partial charge in [-0.3, -0.25) is 4.68 Å². The first-order valence-electron chi connectivity index (χ1n) is 7.33. The first-order valence-corrected chi connectivity index (χ1v) is 8.31. The van der Waals surface area contributed by atoms with E-state index < -0.39 is 0 Å². The number of nitrogens with zero attached hydrogens (tertiary/aromatic N) is 2. The number of ether oxygens (including phenoxy) is 1. The normalized spacial score (nSPS) is 18.9. The number of aryl methyl sites for hydroxylation is 2. The number of fused-ring (bicyclic) bond motifs is 1. The molecule has 112 valence electrons. The molecule has 2 aromatic rings. The summed E-state index contributed by atoms with van der Waals surface area (Å²) in [4.78, 5) is 1.20. The van der Waals surface area contributed by atoms with Crippen LogP contribution in [0.1, 0.15) is 18.3 Å². The maximum absolute atomic E-state index is 6.38. The van der Waals surface area contributed by atoms with E-state index in [1.165, 1.54) is 10.6 Å². The van der Waals surface area contributed by atoms with E-state index in [0.29, 0.717) is 0 Å². The Morgan fingerprint density at radius 3 is 3.05 bits per heavy atom. The second kappa shape index (κ2) is 6.12. The molecule has 0 spiro atoms. The lowest BCUT2D eigenvalue weighted by Crippen LogP contribution is -2.43. The molecule has 0 radical (unpaired) electrons. The molecule has 0 saturated heterocycles. The summed E-state index contributed by atoms with van der Waals surface area (Å²) in [5.41, 5.74) is 8.67. The van der Waals surface area contributed by atoms with E-state index in [9.17, 15) is 0 Å². The predicted octanol–water partition coefficient (Wildman–Crippen LogP) is 2.41. The second-order valence-electron chi connectivity index (χ2n) is 5.39. The highest BCUT2D eigenvalue weighted by molar-refractivity contribution is 7.99. The lowest BCUT2D eigenvalue weighted by atomic mass is 10.1. The van der Waals surface area contributed by atoms with Crippen LogP contribution in [0.2, 0.25) is 0 Å². The lowest BCUT2D eigenvalue weighted by molar-refractivity contribution is 0.183. The first-order chi connectivity index (χ1) is 10.2. The van der Waals surface area contributed by atoms with E-state index >= 15 is 0 Å². The van der Waals surface area contributed by atoms with Crippen molar-refractivity contribution in [2.45, 2.75) is 36.8 Å². The molecule has 1 aliphatic rings. The number of para-hydroxylation sites is 1. The molecular weight excluding hydrogens is 282 g/mol. The van der Waals surface area contributed by atoms with E-state index in [4.69, 9.17) is 10.5 Å². The molecule has 2 unspecified atom stereocenters. The van der Waals surface area contributed by atoms with Crippen LogP contribution < -0.4 is 10.5 Å². The van der Waals surface area contributed by atoms with Crippen LogP contribution in [0.15, 0.2) is 35.2 Å². The summed E-state index contributed by atoms with van der Waals surface area (Å²) < 4.78 is 8.00. The van der Waals surface area contributed by atoms with Gasteiger partial charge in [0.15, 0.2) is 0 Å². The molecule has 21 heavy (non-hydrogen) atoms. The van der Waals surface area contributed by atoms with Gasteiger partial charge in [-0.25, -0.2) is 0 Å². The van der Waals surface area contributed by atoms with Crippen LogP contribution in [0.5, 0.6) is 5.75 Å². The van der Waals surface area contributed by atoms with Gasteiger partial charge < -0.3 is 10.5 Å². The van der Waals surface area contributed by atoms with Crippen molar-refractivity contribution < 1.29 is 4.74 Å². The fourth-order valence-corrected chi connectivity index (χ4v) is 3.65. The van der Waals surface area contributed by atoms with Gasteiger partial charge in [0.25, 0.3) is 0 Å². The first kappa shape index (κ1) is 14.5. The molecule has 0 fully saturated rings. The Labute approximate surface area is 129 Å². The number of nitrogens with two attached hydrogens (primary N) is 1. The minimum Gasteiger partial charge on any atom is -0.487 e. The molecule has 2 heterocycles. The Morgan fingerprint density at radius 1 is 1.48 bits per heavy atom. The summed E-state index contributed by atoms with van der Waals surface area (Å²) in [5.74, 6) is 1.85. The summed E-state index contributed by atoms with van der Waals surface area (Å²) in [5, 5.41) is 4.48. The molecule has 1 aliphatic heterocycles. The molecule has 3 rings (SSSR count). The van der Waals surface area contributed by atoms with Crippen molar-refractivity contribution in [1.82, 2.24) is 9.78 Å². The molecule has 0 bridgehead atoms. The Morgan fingerprint density at radius 2 is 2.29 bits per heavy atom. The number of rotatable bonds is 4. The zero-order chi connectivity index (χ0) is 14.8. The molecular formula is C16H21N3OS. The van der Waals surface area contributed by atoms with E-state index in [-0.39, 0.29) is 12.1 Å². The average Bonchev–Trinajstić information content (AvgIpc) is 2.87. The van der Waals surface area contributed by atoms with Crippen molar-refractivity contribution in [2.24, 2.45) is 12.8 Å². The topological polar surface area (TPSA) is 53.1 Å². The highest BCUT2D eigenvalue weighted by Crippen LogP contribution is 2.35.